The van der Waals surface area contributed by atoms with E-state index in [1.54, 1.807) is 6.07 Å². The van der Waals surface area contributed by atoms with Gasteiger partial charge in [0, 0.05) is 11.4 Å². The number of esters is 1. The van der Waals surface area contributed by atoms with Crippen LogP contribution in [0.3, 0.4) is 0 Å². The van der Waals surface area contributed by atoms with Crippen LogP contribution in [0.15, 0.2) is 36.4 Å². The molecule has 1 N–H and O–H groups in total. The van der Waals surface area contributed by atoms with Gasteiger partial charge in [-0.2, -0.15) is 5.10 Å². The lowest BCUT2D eigenvalue weighted by Crippen LogP contribution is -2.35. The number of carbonyl (C=O) groups is 2. The molecule has 3 rings (SSSR count). The maximum Gasteiger partial charge on any atom is 0.348 e. The van der Waals surface area contributed by atoms with Gasteiger partial charge in [-0.25, -0.2) is 4.79 Å². The van der Waals surface area contributed by atoms with E-state index in [0.29, 0.717) is 11.4 Å². The Bertz CT molecular complexity index is 962. The summed E-state index contributed by atoms with van der Waals surface area (Å²) < 4.78 is 7.10. The Kier molecular flexibility index (Phi) is 6.46. The fourth-order valence-corrected chi connectivity index (χ4v) is 4.16. The lowest BCUT2D eigenvalue weighted by molar-refractivity contribution is -0.124. The number of aromatic nitrogens is 2. The average molecular weight is 400 g/mol. The molecule has 0 radical (unpaired) electrons. The smallest absolute Gasteiger partial charge is 0.348 e. The van der Waals surface area contributed by atoms with Crippen molar-refractivity contribution < 1.29 is 14.3 Å². The fraction of sp³-hybridized carbons (Fsp3) is 0.381. The highest BCUT2D eigenvalue weighted by Crippen LogP contribution is 2.29. The number of aryl methyl sites for hydroxylation is 1. The zero-order valence-corrected chi connectivity index (χ0v) is 17.2. The van der Waals surface area contributed by atoms with E-state index in [1.807, 2.05) is 48.9 Å². The number of fused-ring (bicyclic) bond motifs is 1. The average Bonchev–Trinajstić information content (AvgIpc) is 3.22. The fourth-order valence-electron chi connectivity index (χ4n) is 3.10. The highest BCUT2D eigenvalue weighted by Gasteiger charge is 2.18. The van der Waals surface area contributed by atoms with Crippen LogP contribution in [0, 0.1) is 6.92 Å². The van der Waals surface area contributed by atoms with Crippen molar-refractivity contribution in [3.8, 4) is 0 Å². The monoisotopic (exact) mass is 399 g/mol. The van der Waals surface area contributed by atoms with Gasteiger partial charge in [0.25, 0.3) is 5.91 Å². The molecule has 0 spiro atoms. The van der Waals surface area contributed by atoms with Gasteiger partial charge in [0.1, 0.15) is 9.71 Å². The zero-order chi connectivity index (χ0) is 20.1. The molecule has 0 bridgehead atoms. The molecule has 6 nitrogen and oxygen atoms in total. The molecule has 7 heteroatoms. The first-order chi connectivity index (χ1) is 13.5. The van der Waals surface area contributed by atoms with E-state index in [1.165, 1.54) is 11.3 Å². The van der Waals surface area contributed by atoms with E-state index in [-0.39, 0.29) is 18.6 Å². The summed E-state index contributed by atoms with van der Waals surface area (Å²) in [6.45, 7) is 6.30. The second kappa shape index (κ2) is 9.01. The summed E-state index contributed by atoms with van der Waals surface area (Å²) in [5.74, 6) is -0.757. The third kappa shape index (κ3) is 4.78. The molecule has 1 atom stereocenters. The van der Waals surface area contributed by atoms with Crippen LogP contribution < -0.4 is 5.32 Å². The molecule has 0 aliphatic heterocycles. The number of benzene rings is 1. The van der Waals surface area contributed by atoms with E-state index in [0.717, 1.165) is 34.3 Å². The molecule has 0 saturated carbocycles. The predicted molar refractivity (Wildman–Crippen MR) is 111 cm³/mol. The molecule has 148 valence electrons. The van der Waals surface area contributed by atoms with Gasteiger partial charge >= 0.3 is 5.97 Å². The lowest BCUT2D eigenvalue weighted by Gasteiger charge is -2.12. The van der Waals surface area contributed by atoms with E-state index in [4.69, 9.17) is 4.74 Å². The summed E-state index contributed by atoms with van der Waals surface area (Å²) in [5.41, 5.74) is 2.01. The van der Waals surface area contributed by atoms with Gasteiger partial charge in [0.2, 0.25) is 0 Å². The molecule has 0 aliphatic carbocycles. The van der Waals surface area contributed by atoms with Crippen LogP contribution in [-0.2, 0) is 16.1 Å². The number of carbonyl (C=O) groups excluding carboxylic acids is 2. The van der Waals surface area contributed by atoms with Gasteiger partial charge in [0.15, 0.2) is 6.61 Å². The summed E-state index contributed by atoms with van der Waals surface area (Å²) in [6.07, 6.45) is 1.88. The third-order valence-electron chi connectivity index (χ3n) is 4.45. The van der Waals surface area contributed by atoms with E-state index in [2.05, 4.69) is 17.3 Å². The van der Waals surface area contributed by atoms with E-state index in [9.17, 15) is 9.59 Å². The standard InChI is InChI=1S/C21H25N3O3S/c1-4-8-14(2)22-19(25)13-27-21(26)18-11-17-15(3)23-24(20(17)28-18)12-16-9-6-5-7-10-16/h5-7,9-11,14H,4,8,12-13H2,1-3H3,(H,22,25)/t14-/m1/s1. The van der Waals surface area contributed by atoms with Crippen molar-refractivity contribution in [2.24, 2.45) is 0 Å². The lowest BCUT2D eigenvalue weighted by atomic mass is 10.2. The Morgan fingerprint density at radius 2 is 2.04 bits per heavy atom. The van der Waals surface area contributed by atoms with Crippen LogP contribution >= 0.6 is 11.3 Å². The largest absolute Gasteiger partial charge is 0.451 e. The van der Waals surface area contributed by atoms with Gasteiger partial charge in [-0.05, 0) is 31.9 Å². The SMILES string of the molecule is CCC[C@@H](C)NC(=O)COC(=O)c1cc2c(C)nn(Cc3ccccc3)c2s1. The second-order valence-corrected chi connectivity index (χ2v) is 7.92. The Hall–Kier alpha value is -2.67. The predicted octanol–water partition coefficient (Wildman–Crippen LogP) is 3.92. The first-order valence-corrected chi connectivity index (χ1v) is 10.3. The molecule has 1 amide bonds. The molecule has 28 heavy (non-hydrogen) atoms. The maximum atomic E-state index is 12.4. The molecule has 2 heterocycles. The number of nitrogens with one attached hydrogen (secondary N) is 1. The summed E-state index contributed by atoms with van der Waals surface area (Å²) in [4.78, 5) is 25.7. The number of thiophene rings is 1. The Labute approximate surface area is 168 Å². The number of ether oxygens (including phenoxy) is 1. The maximum absolute atomic E-state index is 12.4. The minimum absolute atomic E-state index is 0.0761. The summed E-state index contributed by atoms with van der Waals surface area (Å²) in [5, 5.41) is 8.35. The van der Waals surface area contributed by atoms with Gasteiger partial charge in [-0.1, -0.05) is 43.7 Å². The zero-order valence-electron chi connectivity index (χ0n) is 16.4. The molecule has 0 aliphatic rings. The van der Waals surface area contributed by atoms with Crippen LogP contribution in [-0.4, -0.2) is 34.3 Å². The molecule has 0 saturated heterocycles. The Balaban J connectivity index is 1.67. The van der Waals surface area contributed by atoms with Gasteiger partial charge < -0.3 is 10.1 Å². The number of nitrogens with zero attached hydrogens (tertiary/aromatic N) is 2. The quantitative estimate of drug-likeness (QED) is 0.583. The normalized spacial score (nSPS) is 12.1. The number of hydrogen-bond acceptors (Lipinski definition) is 5. The summed E-state index contributed by atoms with van der Waals surface area (Å²) in [6, 6.07) is 11.9. The molecule has 3 aromatic rings. The van der Waals surface area contributed by atoms with Crippen molar-refractivity contribution in [3.63, 3.8) is 0 Å². The first-order valence-electron chi connectivity index (χ1n) is 9.45. The molecule has 2 aromatic heterocycles. The molecular formula is C21H25N3O3S. The molecular weight excluding hydrogens is 374 g/mol. The van der Waals surface area contributed by atoms with Crippen molar-refractivity contribution in [3.05, 3.63) is 52.5 Å². The molecule has 0 unspecified atom stereocenters. The van der Waals surface area contributed by atoms with Crippen LogP contribution in [0.2, 0.25) is 0 Å². The van der Waals surface area contributed by atoms with Crippen molar-refractivity contribution in [2.45, 2.75) is 46.2 Å². The minimum Gasteiger partial charge on any atom is -0.451 e. The highest BCUT2D eigenvalue weighted by atomic mass is 32.1. The Morgan fingerprint density at radius 1 is 1.29 bits per heavy atom. The van der Waals surface area contributed by atoms with Crippen molar-refractivity contribution in [1.82, 2.24) is 15.1 Å². The first kappa shape index (κ1) is 20.1. The molecule has 0 fully saturated rings. The van der Waals surface area contributed by atoms with Gasteiger partial charge in [-0.3, -0.25) is 9.48 Å². The van der Waals surface area contributed by atoms with Crippen molar-refractivity contribution in [1.29, 1.82) is 0 Å². The molecule has 1 aromatic carbocycles. The Morgan fingerprint density at radius 3 is 2.75 bits per heavy atom. The number of hydrogen-bond donors (Lipinski definition) is 1. The summed E-state index contributed by atoms with van der Waals surface area (Å²) >= 11 is 1.34. The second-order valence-electron chi connectivity index (χ2n) is 6.89. The van der Waals surface area contributed by atoms with E-state index >= 15 is 0 Å². The van der Waals surface area contributed by atoms with Crippen molar-refractivity contribution in [2.75, 3.05) is 6.61 Å². The van der Waals surface area contributed by atoms with Crippen LogP contribution in [0.25, 0.3) is 10.2 Å². The number of amides is 1. The van der Waals surface area contributed by atoms with Crippen LogP contribution in [0.4, 0.5) is 0 Å². The van der Waals surface area contributed by atoms with Crippen molar-refractivity contribution >= 4 is 33.4 Å². The number of rotatable bonds is 8. The van der Waals surface area contributed by atoms with Crippen LogP contribution in [0.1, 0.15) is 47.6 Å². The highest BCUT2D eigenvalue weighted by molar-refractivity contribution is 7.20. The van der Waals surface area contributed by atoms with Gasteiger partial charge in [0.05, 0.1) is 12.2 Å². The van der Waals surface area contributed by atoms with Crippen LogP contribution in [0.5, 0.6) is 0 Å². The van der Waals surface area contributed by atoms with Gasteiger partial charge in [-0.15, -0.1) is 11.3 Å². The third-order valence-corrected chi connectivity index (χ3v) is 5.58. The summed E-state index contributed by atoms with van der Waals surface area (Å²) in [7, 11) is 0. The minimum atomic E-state index is -0.481. The van der Waals surface area contributed by atoms with E-state index < -0.39 is 5.97 Å². The topological polar surface area (TPSA) is 73.2 Å².